The lowest BCUT2D eigenvalue weighted by molar-refractivity contribution is -0.129. The molecule has 1 atom stereocenters. The molecule has 0 radical (unpaired) electrons. The van der Waals surface area contributed by atoms with Crippen molar-refractivity contribution < 1.29 is 13.9 Å². The average Bonchev–Trinajstić information content (AvgIpc) is 3.28. The zero-order valence-electron chi connectivity index (χ0n) is 16.6. The highest BCUT2D eigenvalue weighted by molar-refractivity contribution is 5.77. The van der Waals surface area contributed by atoms with Crippen LogP contribution in [0.25, 0.3) is 0 Å². The number of hydrogen-bond donors (Lipinski definition) is 1. The first-order valence-corrected chi connectivity index (χ1v) is 9.99. The van der Waals surface area contributed by atoms with Crippen molar-refractivity contribution in [2.45, 2.75) is 13.0 Å². The molecule has 4 rings (SSSR count). The normalized spacial score (nSPS) is 19.5. The number of nitrogens with zero attached hydrogens (tertiary/aromatic N) is 3. The predicted molar refractivity (Wildman–Crippen MR) is 108 cm³/mol. The van der Waals surface area contributed by atoms with Gasteiger partial charge in [0.25, 0.3) is 10.9 Å². The van der Waals surface area contributed by atoms with Crippen LogP contribution in [0.1, 0.15) is 18.7 Å². The number of carbonyl (C=O) groups excluding carboxylic acids is 1. The molecule has 29 heavy (non-hydrogen) atoms. The van der Waals surface area contributed by atoms with E-state index in [1.165, 1.54) is 0 Å². The van der Waals surface area contributed by atoms with Crippen molar-refractivity contribution in [2.24, 2.45) is 0 Å². The van der Waals surface area contributed by atoms with Crippen LogP contribution in [0.3, 0.4) is 0 Å². The molecule has 2 aliphatic rings. The minimum Gasteiger partial charge on any atom is -0.468 e. The first-order valence-electron chi connectivity index (χ1n) is 9.99. The van der Waals surface area contributed by atoms with Crippen LogP contribution in [-0.2, 0) is 9.53 Å². The molecule has 3 heterocycles. The van der Waals surface area contributed by atoms with Gasteiger partial charge in [-0.1, -0.05) is 0 Å². The quantitative estimate of drug-likeness (QED) is 0.677. The van der Waals surface area contributed by atoms with E-state index in [1.807, 2.05) is 17.0 Å². The third-order valence-corrected chi connectivity index (χ3v) is 5.76. The fourth-order valence-electron chi connectivity index (χ4n) is 4.07. The fourth-order valence-corrected chi connectivity index (χ4v) is 4.07. The summed E-state index contributed by atoms with van der Waals surface area (Å²) in [7, 11) is 0. The summed E-state index contributed by atoms with van der Waals surface area (Å²) >= 11 is 0. The molecule has 1 unspecified atom stereocenters. The van der Waals surface area contributed by atoms with Crippen molar-refractivity contribution in [2.75, 3.05) is 69.2 Å². The molecular formula is C20H26N4O5. The van der Waals surface area contributed by atoms with Gasteiger partial charge in [-0.3, -0.25) is 19.3 Å². The van der Waals surface area contributed by atoms with Crippen LogP contribution in [-0.4, -0.2) is 74.7 Å². The lowest BCUT2D eigenvalue weighted by Gasteiger charge is -2.37. The van der Waals surface area contributed by atoms with Crippen LogP contribution in [0.4, 0.5) is 11.4 Å². The van der Waals surface area contributed by atoms with E-state index in [0.29, 0.717) is 57.3 Å². The first kappa shape index (κ1) is 19.7. The molecule has 2 fully saturated rings. The maximum Gasteiger partial charge on any atom is 0.253 e. The van der Waals surface area contributed by atoms with Crippen molar-refractivity contribution in [1.82, 2.24) is 9.80 Å². The maximum atomic E-state index is 12.2. The van der Waals surface area contributed by atoms with Gasteiger partial charge in [-0.25, -0.2) is 0 Å². The van der Waals surface area contributed by atoms with Gasteiger partial charge in [-0.05, 0) is 12.1 Å². The SMILES string of the molecule is CC(=O)N1CCN(c2c(NCC(c3ccco3)N3CCOCC3)c(=O)c2=O)CC1. The van der Waals surface area contributed by atoms with Crippen molar-refractivity contribution in [1.29, 1.82) is 0 Å². The highest BCUT2D eigenvalue weighted by atomic mass is 16.5. The van der Waals surface area contributed by atoms with E-state index in [0.717, 1.165) is 18.8 Å². The standard InChI is InChI=1S/C20H26N4O5/c1-14(25)22-4-6-24(7-5-22)18-17(19(26)20(18)27)21-13-15(16-3-2-10-29-16)23-8-11-28-12-9-23/h2-3,10,15,21H,4-9,11-13H2,1H3. The minimum absolute atomic E-state index is 0.0276. The Balaban J connectivity index is 1.47. The Kier molecular flexibility index (Phi) is 5.68. The van der Waals surface area contributed by atoms with Crippen molar-refractivity contribution >= 4 is 17.3 Å². The summed E-state index contributed by atoms with van der Waals surface area (Å²) in [6, 6.07) is 3.71. The zero-order valence-corrected chi connectivity index (χ0v) is 16.6. The van der Waals surface area contributed by atoms with Crippen LogP contribution >= 0.6 is 0 Å². The number of nitrogens with one attached hydrogen (secondary N) is 1. The molecule has 0 saturated carbocycles. The number of morpholine rings is 1. The topological polar surface area (TPSA) is 95.3 Å². The van der Waals surface area contributed by atoms with Gasteiger partial charge in [0.05, 0.1) is 25.5 Å². The average molecular weight is 402 g/mol. The van der Waals surface area contributed by atoms with Crippen LogP contribution in [0.5, 0.6) is 0 Å². The Bertz CT molecular complexity index is 904. The zero-order chi connectivity index (χ0) is 20.4. The van der Waals surface area contributed by atoms with Crippen LogP contribution < -0.4 is 21.1 Å². The van der Waals surface area contributed by atoms with E-state index < -0.39 is 10.9 Å². The lowest BCUT2D eigenvalue weighted by atomic mass is 10.1. The summed E-state index contributed by atoms with van der Waals surface area (Å²) in [5.74, 6) is 0.842. The molecule has 0 aliphatic carbocycles. The molecule has 9 heteroatoms. The summed E-state index contributed by atoms with van der Waals surface area (Å²) in [5.41, 5.74) is -0.117. The van der Waals surface area contributed by atoms with E-state index in [1.54, 1.807) is 18.1 Å². The summed E-state index contributed by atoms with van der Waals surface area (Å²) in [4.78, 5) is 41.9. The maximum absolute atomic E-state index is 12.2. The number of furan rings is 1. The molecule has 2 saturated heterocycles. The summed E-state index contributed by atoms with van der Waals surface area (Å²) < 4.78 is 11.1. The Morgan fingerprint density at radius 2 is 1.83 bits per heavy atom. The second-order valence-corrected chi connectivity index (χ2v) is 7.44. The number of ether oxygens (including phenoxy) is 1. The molecule has 156 valence electrons. The fraction of sp³-hybridized carbons (Fsp3) is 0.550. The van der Waals surface area contributed by atoms with Crippen molar-refractivity contribution in [3.8, 4) is 0 Å². The van der Waals surface area contributed by atoms with Crippen LogP contribution in [0, 0.1) is 0 Å². The molecule has 2 aromatic rings. The minimum atomic E-state index is -0.478. The second-order valence-electron chi connectivity index (χ2n) is 7.44. The van der Waals surface area contributed by atoms with E-state index in [-0.39, 0.29) is 11.9 Å². The second kappa shape index (κ2) is 8.38. The Labute approximate surface area is 168 Å². The van der Waals surface area contributed by atoms with Crippen molar-refractivity contribution in [3.63, 3.8) is 0 Å². The van der Waals surface area contributed by atoms with E-state index >= 15 is 0 Å². The number of piperazine rings is 1. The highest BCUT2D eigenvalue weighted by Crippen LogP contribution is 2.26. The Morgan fingerprint density at radius 1 is 1.10 bits per heavy atom. The molecule has 0 spiro atoms. The van der Waals surface area contributed by atoms with Crippen LogP contribution in [0.15, 0.2) is 32.4 Å². The van der Waals surface area contributed by atoms with Gasteiger partial charge in [-0.2, -0.15) is 0 Å². The van der Waals surface area contributed by atoms with E-state index in [9.17, 15) is 14.4 Å². The summed E-state index contributed by atoms with van der Waals surface area (Å²) in [6.07, 6.45) is 1.64. The largest absolute Gasteiger partial charge is 0.468 e. The molecule has 9 nitrogen and oxygen atoms in total. The van der Waals surface area contributed by atoms with Gasteiger partial charge in [0.1, 0.15) is 17.1 Å². The molecule has 2 aliphatic heterocycles. The molecule has 0 bridgehead atoms. The van der Waals surface area contributed by atoms with Gasteiger partial charge in [0, 0.05) is 52.7 Å². The first-order chi connectivity index (χ1) is 14.1. The van der Waals surface area contributed by atoms with Gasteiger partial charge >= 0.3 is 0 Å². The third kappa shape index (κ3) is 3.92. The van der Waals surface area contributed by atoms with Gasteiger partial charge in [-0.15, -0.1) is 0 Å². The number of carbonyl (C=O) groups is 1. The molecule has 1 aromatic heterocycles. The molecule has 1 N–H and O–H groups in total. The highest BCUT2D eigenvalue weighted by Gasteiger charge is 2.31. The predicted octanol–water partition coefficient (Wildman–Crippen LogP) is 0.0295. The lowest BCUT2D eigenvalue weighted by Crippen LogP contribution is -2.52. The number of hydrogen-bond acceptors (Lipinski definition) is 8. The van der Waals surface area contributed by atoms with Gasteiger partial charge in [0.2, 0.25) is 5.91 Å². The van der Waals surface area contributed by atoms with Crippen molar-refractivity contribution in [3.05, 3.63) is 44.6 Å². The smallest absolute Gasteiger partial charge is 0.253 e. The number of amides is 1. The number of anilines is 2. The van der Waals surface area contributed by atoms with Crippen LogP contribution in [0.2, 0.25) is 0 Å². The molecule has 1 aromatic carbocycles. The number of rotatable bonds is 6. The van der Waals surface area contributed by atoms with Gasteiger partial charge < -0.3 is 24.3 Å². The van der Waals surface area contributed by atoms with Gasteiger partial charge in [0.15, 0.2) is 0 Å². The van der Waals surface area contributed by atoms with E-state index in [2.05, 4.69) is 10.2 Å². The Hall–Kier alpha value is -2.65. The molecular weight excluding hydrogens is 376 g/mol. The summed E-state index contributed by atoms with van der Waals surface area (Å²) in [6.45, 7) is 7.06. The Morgan fingerprint density at radius 3 is 2.45 bits per heavy atom. The third-order valence-electron chi connectivity index (χ3n) is 5.76. The molecule has 1 amide bonds. The summed E-state index contributed by atoms with van der Waals surface area (Å²) in [5, 5.41) is 3.21. The van der Waals surface area contributed by atoms with E-state index in [4.69, 9.17) is 9.15 Å². The monoisotopic (exact) mass is 402 g/mol.